The molecule has 0 heterocycles. The maximum atomic E-state index is 12.1. The van der Waals surface area contributed by atoms with Crippen molar-refractivity contribution in [3.63, 3.8) is 0 Å². The number of amides is 2. The van der Waals surface area contributed by atoms with Crippen LogP contribution in [0.25, 0.3) is 0 Å². The minimum Gasteiger partial charge on any atom is -0.369 e. The molecular formula is C15H22N2O2S. The van der Waals surface area contributed by atoms with Crippen molar-refractivity contribution in [2.45, 2.75) is 31.6 Å². The number of rotatable bonds is 8. The Morgan fingerprint density at radius 1 is 1.30 bits per heavy atom. The number of nitrogens with two attached hydrogens (primary N) is 1. The molecule has 110 valence electrons. The second-order valence-corrected chi connectivity index (χ2v) is 6.06. The summed E-state index contributed by atoms with van der Waals surface area (Å²) in [6.45, 7) is 5.00. The number of carbonyl (C=O) groups excluding carboxylic acids is 2. The van der Waals surface area contributed by atoms with Gasteiger partial charge in [0.15, 0.2) is 0 Å². The Bertz CT molecular complexity index is 461. The first-order valence-corrected chi connectivity index (χ1v) is 7.77. The molecule has 0 unspecified atom stereocenters. The molecule has 0 bridgehead atoms. The third-order valence-corrected chi connectivity index (χ3v) is 3.84. The highest BCUT2D eigenvalue weighted by atomic mass is 32.2. The Kier molecular flexibility index (Phi) is 7.15. The van der Waals surface area contributed by atoms with Crippen molar-refractivity contribution in [3.05, 3.63) is 29.8 Å². The van der Waals surface area contributed by atoms with E-state index in [4.69, 9.17) is 5.73 Å². The fraction of sp³-hybridized carbons (Fsp3) is 0.467. The van der Waals surface area contributed by atoms with Crippen molar-refractivity contribution in [1.82, 2.24) is 5.32 Å². The van der Waals surface area contributed by atoms with Gasteiger partial charge >= 0.3 is 0 Å². The zero-order chi connectivity index (χ0) is 15.0. The minimum atomic E-state index is -0.387. The van der Waals surface area contributed by atoms with E-state index in [2.05, 4.69) is 19.2 Å². The zero-order valence-corrected chi connectivity index (χ0v) is 12.8. The van der Waals surface area contributed by atoms with Gasteiger partial charge in [0.25, 0.3) is 5.91 Å². The normalized spacial score (nSPS) is 10.6. The van der Waals surface area contributed by atoms with E-state index in [1.165, 1.54) is 11.8 Å². The van der Waals surface area contributed by atoms with Gasteiger partial charge in [0.2, 0.25) is 5.91 Å². The van der Waals surface area contributed by atoms with Crippen molar-refractivity contribution in [1.29, 1.82) is 0 Å². The summed E-state index contributed by atoms with van der Waals surface area (Å²) >= 11 is 1.29. The van der Waals surface area contributed by atoms with Crippen LogP contribution in [0.1, 0.15) is 37.0 Å². The second-order valence-electron chi connectivity index (χ2n) is 5.04. The summed E-state index contributed by atoms with van der Waals surface area (Å²) in [6, 6.07) is 7.26. The summed E-state index contributed by atoms with van der Waals surface area (Å²) in [5, 5.41) is 2.91. The van der Waals surface area contributed by atoms with E-state index in [-0.39, 0.29) is 17.6 Å². The maximum absolute atomic E-state index is 12.1. The van der Waals surface area contributed by atoms with E-state index in [1.807, 2.05) is 18.2 Å². The predicted molar refractivity (Wildman–Crippen MR) is 82.8 cm³/mol. The molecule has 20 heavy (non-hydrogen) atoms. The molecule has 0 fully saturated rings. The van der Waals surface area contributed by atoms with Gasteiger partial charge in [0.05, 0.1) is 11.3 Å². The molecule has 0 saturated carbocycles. The molecule has 0 aliphatic heterocycles. The fourth-order valence-corrected chi connectivity index (χ4v) is 2.53. The van der Waals surface area contributed by atoms with Crippen LogP contribution in [0, 0.1) is 5.92 Å². The quantitative estimate of drug-likeness (QED) is 0.571. The lowest BCUT2D eigenvalue weighted by Crippen LogP contribution is -2.25. The molecule has 5 heteroatoms. The molecule has 0 aliphatic carbocycles. The lowest BCUT2D eigenvalue weighted by Gasteiger charge is -2.10. The predicted octanol–water partition coefficient (Wildman–Crippen LogP) is 2.43. The third kappa shape index (κ3) is 6.10. The monoisotopic (exact) mass is 294 g/mol. The summed E-state index contributed by atoms with van der Waals surface area (Å²) < 4.78 is 0. The summed E-state index contributed by atoms with van der Waals surface area (Å²) in [4.78, 5) is 23.7. The van der Waals surface area contributed by atoms with Crippen LogP contribution < -0.4 is 11.1 Å². The number of carbonyl (C=O) groups is 2. The van der Waals surface area contributed by atoms with Crippen molar-refractivity contribution in [3.8, 4) is 0 Å². The van der Waals surface area contributed by atoms with E-state index in [1.54, 1.807) is 6.07 Å². The van der Waals surface area contributed by atoms with Crippen LogP contribution in [0.15, 0.2) is 29.2 Å². The summed E-state index contributed by atoms with van der Waals surface area (Å²) in [5.41, 5.74) is 5.73. The van der Waals surface area contributed by atoms with E-state index in [9.17, 15) is 9.59 Å². The number of hydrogen-bond donors (Lipinski definition) is 2. The highest BCUT2D eigenvalue weighted by Crippen LogP contribution is 2.22. The van der Waals surface area contributed by atoms with Crippen molar-refractivity contribution in [2.75, 3.05) is 12.3 Å². The molecule has 0 aliphatic rings. The van der Waals surface area contributed by atoms with Gasteiger partial charge in [-0.3, -0.25) is 9.59 Å². The molecule has 1 aromatic rings. The summed E-state index contributed by atoms with van der Waals surface area (Å²) in [6.07, 6.45) is 2.07. The van der Waals surface area contributed by atoms with Crippen molar-refractivity contribution in [2.24, 2.45) is 11.7 Å². The lowest BCUT2D eigenvalue weighted by molar-refractivity contribution is -0.115. The van der Waals surface area contributed by atoms with Gasteiger partial charge in [0, 0.05) is 11.4 Å². The average Bonchev–Trinajstić information content (AvgIpc) is 2.41. The Hall–Kier alpha value is -1.49. The molecule has 1 aromatic carbocycles. The largest absolute Gasteiger partial charge is 0.369 e. The molecule has 4 nitrogen and oxygen atoms in total. The third-order valence-electron chi connectivity index (χ3n) is 2.75. The smallest absolute Gasteiger partial charge is 0.252 e. The van der Waals surface area contributed by atoms with Crippen molar-refractivity contribution >= 4 is 23.6 Å². The van der Waals surface area contributed by atoms with Crippen molar-refractivity contribution < 1.29 is 9.59 Å². The van der Waals surface area contributed by atoms with E-state index < -0.39 is 0 Å². The molecule has 0 atom stereocenters. The SMILES string of the molecule is CC(C)CCCNC(=O)c1ccccc1SCC(N)=O. The van der Waals surface area contributed by atoms with Gasteiger partial charge < -0.3 is 11.1 Å². The van der Waals surface area contributed by atoms with Crippen LogP contribution >= 0.6 is 11.8 Å². The first-order valence-electron chi connectivity index (χ1n) is 6.79. The molecule has 0 spiro atoms. The first kappa shape index (κ1) is 16.6. The van der Waals surface area contributed by atoms with Gasteiger partial charge in [-0.1, -0.05) is 26.0 Å². The Morgan fingerprint density at radius 3 is 2.65 bits per heavy atom. The molecule has 0 saturated heterocycles. The van der Waals surface area contributed by atoms with Crippen LogP contribution in [0.4, 0.5) is 0 Å². The lowest BCUT2D eigenvalue weighted by atomic mass is 10.1. The Morgan fingerprint density at radius 2 is 2.00 bits per heavy atom. The number of benzene rings is 1. The Balaban J connectivity index is 2.56. The highest BCUT2D eigenvalue weighted by Gasteiger charge is 2.11. The minimum absolute atomic E-state index is 0.0960. The van der Waals surface area contributed by atoms with Gasteiger partial charge in [-0.15, -0.1) is 11.8 Å². The topological polar surface area (TPSA) is 72.2 Å². The second kappa shape index (κ2) is 8.64. The summed E-state index contributed by atoms with van der Waals surface area (Å²) in [7, 11) is 0. The van der Waals surface area contributed by atoms with E-state index >= 15 is 0 Å². The van der Waals surface area contributed by atoms with E-state index in [0.29, 0.717) is 18.0 Å². The van der Waals surface area contributed by atoms with Crippen LogP contribution in [0.2, 0.25) is 0 Å². The summed E-state index contributed by atoms with van der Waals surface area (Å²) in [5.74, 6) is 0.339. The van der Waals surface area contributed by atoms with Gasteiger partial charge in [0.1, 0.15) is 0 Å². The van der Waals surface area contributed by atoms with Gasteiger partial charge in [-0.05, 0) is 30.9 Å². The first-order chi connectivity index (χ1) is 9.50. The molecular weight excluding hydrogens is 272 g/mol. The van der Waals surface area contributed by atoms with Gasteiger partial charge in [-0.25, -0.2) is 0 Å². The number of nitrogens with one attached hydrogen (secondary N) is 1. The van der Waals surface area contributed by atoms with E-state index in [0.717, 1.165) is 17.7 Å². The standard InChI is InChI=1S/C15H22N2O2S/c1-11(2)6-5-9-17-15(19)12-7-3-4-8-13(12)20-10-14(16)18/h3-4,7-8,11H,5-6,9-10H2,1-2H3,(H2,16,18)(H,17,19). The van der Waals surface area contributed by atoms with Gasteiger partial charge in [-0.2, -0.15) is 0 Å². The molecule has 1 rings (SSSR count). The number of thioether (sulfide) groups is 1. The molecule has 0 aromatic heterocycles. The average molecular weight is 294 g/mol. The van der Waals surface area contributed by atoms with Crippen LogP contribution in [-0.4, -0.2) is 24.1 Å². The maximum Gasteiger partial charge on any atom is 0.252 e. The van der Waals surface area contributed by atoms with Crippen LogP contribution in [0.3, 0.4) is 0 Å². The van der Waals surface area contributed by atoms with Crippen LogP contribution in [-0.2, 0) is 4.79 Å². The molecule has 0 radical (unpaired) electrons. The fourth-order valence-electron chi connectivity index (χ4n) is 1.74. The zero-order valence-electron chi connectivity index (χ0n) is 12.0. The molecule has 3 N–H and O–H groups in total. The highest BCUT2D eigenvalue weighted by molar-refractivity contribution is 8.00. The number of primary amides is 1. The number of hydrogen-bond acceptors (Lipinski definition) is 3. The Labute approximate surface area is 124 Å². The van der Waals surface area contributed by atoms with Crippen LogP contribution in [0.5, 0.6) is 0 Å². The molecule has 2 amide bonds.